The minimum atomic E-state index is -0.154. The molecule has 20 heavy (non-hydrogen) atoms. The number of benzene rings is 1. The smallest absolute Gasteiger partial charge is 0.319 e. The number of hydrogen-bond donors (Lipinski definition) is 3. The van der Waals surface area contributed by atoms with E-state index in [4.69, 9.17) is 5.11 Å². The van der Waals surface area contributed by atoms with Crippen molar-refractivity contribution >= 4 is 11.7 Å². The number of aryl methyl sites for hydroxylation is 1. The van der Waals surface area contributed by atoms with Crippen molar-refractivity contribution in [2.24, 2.45) is 0 Å². The molecular weight excluding hydrogens is 252 g/mol. The molecule has 0 saturated heterocycles. The highest BCUT2D eigenvalue weighted by atomic mass is 16.2. The molecular formula is C16H20N2O2. The van der Waals surface area contributed by atoms with Crippen LogP contribution >= 0.6 is 0 Å². The van der Waals surface area contributed by atoms with Gasteiger partial charge in [0.1, 0.15) is 0 Å². The van der Waals surface area contributed by atoms with Gasteiger partial charge in [-0.2, -0.15) is 0 Å². The Kier molecular flexibility index (Phi) is 5.03. The summed E-state index contributed by atoms with van der Waals surface area (Å²) in [5.41, 5.74) is 2.61. The Balaban J connectivity index is 2.00. The molecule has 106 valence electrons. The molecule has 1 aliphatic rings. The van der Waals surface area contributed by atoms with E-state index in [1.807, 2.05) is 25.1 Å². The van der Waals surface area contributed by atoms with Crippen molar-refractivity contribution in [3.63, 3.8) is 0 Å². The average molecular weight is 272 g/mol. The van der Waals surface area contributed by atoms with Crippen LogP contribution in [-0.4, -0.2) is 23.8 Å². The van der Waals surface area contributed by atoms with Crippen LogP contribution in [0.5, 0.6) is 0 Å². The summed E-state index contributed by atoms with van der Waals surface area (Å²) in [6, 6.07) is 5.87. The fourth-order valence-corrected chi connectivity index (χ4v) is 1.95. The van der Waals surface area contributed by atoms with Gasteiger partial charge in [-0.15, -0.1) is 0 Å². The molecule has 0 radical (unpaired) electrons. The normalized spacial score (nSPS) is 13.9. The van der Waals surface area contributed by atoms with Crippen LogP contribution in [-0.2, 0) is 0 Å². The highest BCUT2D eigenvalue weighted by molar-refractivity contribution is 5.90. The van der Waals surface area contributed by atoms with E-state index >= 15 is 0 Å². The zero-order valence-corrected chi connectivity index (χ0v) is 11.7. The maximum Gasteiger partial charge on any atom is 0.319 e. The zero-order chi connectivity index (χ0) is 14.4. The van der Waals surface area contributed by atoms with Gasteiger partial charge in [-0.05, 0) is 43.9 Å². The van der Waals surface area contributed by atoms with Crippen LogP contribution in [0, 0.1) is 18.8 Å². The summed E-state index contributed by atoms with van der Waals surface area (Å²) in [6.07, 6.45) is 3.79. The van der Waals surface area contributed by atoms with Crippen molar-refractivity contribution in [2.75, 3.05) is 11.9 Å². The first-order chi connectivity index (χ1) is 9.69. The number of carbonyl (C=O) groups is 1. The number of urea groups is 1. The number of hydrogen-bond acceptors (Lipinski definition) is 2. The van der Waals surface area contributed by atoms with Crippen molar-refractivity contribution in [3.05, 3.63) is 29.3 Å². The van der Waals surface area contributed by atoms with Gasteiger partial charge in [0, 0.05) is 23.7 Å². The molecule has 0 aromatic heterocycles. The van der Waals surface area contributed by atoms with E-state index in [1.54, 1.807) is 0 Å². The Hall–Kier alpha value is -1.99. The van der Waals surface area contributed by atoms with Crippen LogP contribution in [0.3, 0.4) is 0 Å². The Labute approximate surface area is 119 Å². The van der Waals surface area contributed by atoms with Crippen molar-refractivity contribution in [2.45, 2.75) is 38.6 Å². The Bertz CT molecular complexity index is 539. The van der Waals surface area contributed by atoms with E-state index in [2.05, 4.69) is 22.5 Å². The number of aliphatic hydroxyl groups excluding tert-OH is 1. The van der Waals surface area contributed by atoms with E-state index in [1.165, 1.54) is 6.42 Å². The van der Waals surface area contributed by atoms with Gasteiger partial charge >= 0.3 is 6.03 Å². The third kappa shape index (κ3) is 4.01. The van der Waals surface area contributed by atoms with Gasteiger partial charge in [-0.25, -0.2) is 4.79 Å². The Morgan fingerprint density at radius 3 is 2.90 bits per heavy atom. The molecule has 0 atom stereocenters. The standard InChI is InChI=1S/C16H20N2O2/c1-12-8-9-13(5-2-3-10-19)11-15(12)18-16(20)17-14-6-4-7-14/h8-9,11,14,19H,3-4,6-7,10H2,1H3,(H2,17,18,20). The van der Waals surface area contributed by atoms with Crippen molar-refractivity contribution < 1.29 is 9.90 Å². The zero-order valence-electron chi connectivity index (χ0n) is 11.7. The summed E-state index contributed by atoms with van der Waals surface area (Å²) < 4.78 is 0. The second-order valence-corrected chi connectivity index (χ2v) is 5.03. The summed E-state index contributed by atoms with van der Waals surface area (Å²) in [5, 5.41) is 14.5. The van der Waals surface area contributed by atoms with Gasteiger partial charge in [-0.1, -0.05) is 17.9 Å². The second kappa shape index (κ2) is 6.97. The lowest BCUT2D eigenvalue weighted by molar-refractivity contribution is 0.240. The minimum Gasteiger partial charge on any atom is -0.395 e. The molecule has 4 nitrogen and oxygen atoms in total. The van der Waals surface area contributed by atoms with Crippen LogP contribution in [0.25, 0.3) is 0 Å². The predicted octanol–water partition coefficient (Wildman–Crippen LogP) is 2.40. The molecule has 2 amide bonds. The van der Waals surface area contributed by atoms with Gasteiger partial charge in [0.15, 0.2) is 0 Å². The number of nitrogens with one attached hydrogen (secondary N) is 2. The summed E-state index contributed by atoms with van der Waals surface area (Å²) in [7, 11) is 0. The number of amides is 2. The molecule has 3 N–H and O–H groups in total. The van der Waals surface area contributed by atoms with Crippen LogP contribution < -0.4 is 10.6 Å². The van der Waals surface area contributed by atoms with Gasteiger partial charge in [0.05, 0.1) is 6.61 Å². The van der Waals surface area contributed by atoms with Gasteiger partial charge in [0.2, 0.25) is 0 Å². The molecule has 4 heteroatoms. The van der Waals surface area contributed by atoms with Crippen molar-refractivity contribution in [1.82, 2.24) is 5.32 Å². The summed E-state index contributed by atoms with van der Waals surface area (Å²) in [4.78, 5) is 11.8. The number of anilines is 1. The topological polar surface area (TPSA) is 61.4 Å². The van der Waals surface area contributed by atoms with Crippen LogP contribution in [0.1, 0.15) is 36.8 Å². The molecule has 0 spiro atoms. The number of rotatable bonds is 3. The quantitative estimate of drug-likeness (QED) is 0.740. The maximum absolute atomic E-state index is 11.8. The Morgan fingerprint density at radius 2 is 2.25 bits per heavy atom. The third-order valence-corrected chi connectivity index (χ3v) is 3.40. The van der Waals surface area contributed by atoms with Crippen LogP contribution in [0.15, 0.2) is 18.2 Å². The van der Waals surface area contributed by atoms with E-state index < -0.39 is 0 Å². The first-order valence-electron chi connectivity index (χ1n) is 6.97. The van der Waals surface area contributed by atoms with Crippen LogP contribution in [0.4, 0.5) is 10.5 Å². The molecule has 0 heterocycles. The molecule has 0 aliphatic heterocycles. The fourth-order valence-electron chi connectivity index (χ4n) is 1.95. The fraction of sp³-hybridized carbons (Fsp3) is 0.438. The highest BCUT2D eigenvalue weighted by Crippen LogP contribution is 2.19. The van der Waals surface area contributed by atoms with E-state index in [0.29, 0.717) is 12.5 Å². The van der Waals surface area contributed by atoms with E-state index in [-0.39, 0.29) is 12.6 Å². The first-order valence-corrected chi connectivity index (χ1v) is 6.97. The number of aliphatic hydroxyl groups is 1. The highest BCUT2D eigenvalue weighted by Gasteiger charge is 2.19. The molecule has 2 rings (SSSR count). The van der Waals surface area contributed by atoms with Crippen molar-refractivity contribution in [1.29, 1.82) is 0 Å². The van der Waals surface area contributed by atoms with Crippen molar-refractivity contribution in [3.8, 4) is 11.8 Å². The molecule has 1 fully saturated rings. The minimum absolute atomic E-state index is 0.0633. The lowest BCUT2D eigenvalue weighted by Gasteiger charge is -2.26. The first kappa shape index (κ1) is 14.4. The Morgan fingerprint density at radius 1 is 1.45 bits per heavy atom. The summed E-state index contributed by atoms with van der Waals surface area (Å²) in [5.74, 6) is 5.84. The molecule has 0 bridgehead atoms. The molecule has 1 saturated carbocycles. The van der Waals surface area contributed by atoms with Gasteiger partial charge < -0.3 is 15.7 Å². The maximum atomic E-state index is 11.8. The van der Waals surface area contributed by atoms with Gasteiger partial charge in [0.25, 0.3) is 0 Å². The van der Waals surface area contributed by atoms with Gasteiger partial charge in [-0.3, -0.25) is 0 Å². The molecule has 0 unspecified atom stereocenters. The summed E-state index contributed by atoms with van der Waals surface area (Å²) in [6.45, 7) is 2.01. The second-order valence-electron chi connectivity index (χ2n) is 5.03. The number of carbonyl (C=O) groups excluding carboxylic acids is 1. The van der Waals surface area contributed by atoms with E-state index in [9.17, 15) is 4.79 Å². The average Bonchev–Trinajstić information content (AvgIpc) is 2.38. The molecule has 1 aromatic rings. The van der Waals surface area contributed by atoms with E-state index in [0.717, 1.165) is 29.7 Å². The van der Waals surface area contributed by atoms with Crippen LogP contribution in [0.2, 0.25) is 0 Å². The molecule has 1 aliphatic carbocycles. The lowest BCUT2D eigenvalue weighted by atomic mass is 9.93. The SMILES string of the molecule is Cc1ccc(C#CCCO)cc1NC(=O)NC1CCC1. The molecule has 1 aromatic carbocycles. The predicted molar refractivity (Wildman–Crippen MR) is 79.6 cm³/mol. The summed E-state index contributed by atoms with van der Waals surface area (Å²) >= 11 is 0. The third-order valence-electron chi connectivity index (χ3n) is 3.40. The largest absolute Gasteiger partial charge is 0.395 e. The lowest BCUT2D eigenvalue weighted by Crippen LogP contribution is -2.41. The monoisotopic (exact) mass is 272 g/mol.